The largest absolute Gasteiger partial charge is 0.328 e. The number of nitrogens with zero attached hydrogens (tertiary/aromatic N) is 3. The summed E-state index contributed by atoms with van der Waals surface area (Å²) in [7, 11) is 0. The Morgan fingerprint density at radius 2 is 2.37 bits per heavy atom. The molecule has 1 saturated heterocycles. The minimum atomic E-state index is -0.0387. The molecule has 1 N–H and O–H groups in total. The molecule has 1 saturated carbocycles. The summed E-state index contributed by atoms with van der Waals surface area (Å²) >= 11 is 8.66. The molecular formula is C12H13BrN4OS. The van der Waals surface area contributed by atoms with Crippen molar-refractivity contribution in [2.75, 3.05) is 0 Å². The van der Waals surface area contributed by atoms with E-state index in [0.717, 1.165) is 29.6 Å². The van der Waals surface area contributed by atoms with Crippen LogP contribution in [0.5, 0.6) is 0 Å². The number of halogens is 1. The van der Waals surface area contributed by atoms with Crippen molar-refractivity contribution in [3.8, 4) is 0 Å². The molecule has 7 heteroatoms. The fourth-order valence-corrected chi connectivity index (χ4v) is 2.87. The quantitative estimate of drug-likeness (QED) is 0.674. The molecule has 1 amide bonds. The second-order valence-electron chi connectivity index (χ2n) is 4.59. The van der Waals surface area contributed by atoms with Gasteiger partial charge in [0.15, 0.2) is 5.11 Å². The summed E-state index contributed by atoms with van der Waals surface area (Å²) in [6.07, 6.45) is 5.61. The minimum Gasteiger partial charge on any atom is -0.328 e. The lowest BCUT2D eigenvalue weighted by Gasteiger charge is -2.11. The number of hydrogen-bond donors (Lipinski definition) is 1. The van der Waals surface area contributed by atoms with Gasteiger partial charge in [0.1, 0.15) is 5.70 Å². The van der Waals surface area contributed by atoms with Crippen molar-refractivity contribution >= 4 is 45.2 Å². The number of thiocarbonyl (C=S) groups is 1. The average Bonchev–Trinajstić information content (AvgIpc) is 3.09. The molecule has 2 aliphatic rings. The first kappa shape index (κ1) is 12.8. The number of aryl methyl sites for hydroxylation is 1. The zero-order chi connectivity index (χ0) is 13.6. The zero-order valence-corrected chi connectivity index (χ0v) is 12.8. The summed E-state index contributed by atoms with van der Waals surface area (Å²) in [4.78, 5) is 14.0. The molecule has 2 heterocycles. The summed E-state index contributed by atoms with van der Waals surface area (Å²) < 4.78 is 2.70. The van der Waals surface area contributed by atoms with Gasteiger partial charge in [0.05, 0.1) is 16.4 Å². The van der Waals surface area contributed by atoms with Gasteiger partial charge in [-0.05, 0) is 54.0 Å². The van der Waals surface area contributed by atoms with Gasteiger partial charge in [-0.15, -0.1) is 0 Å². The van der Waals surface area contributed by atoms with Crippen LogP contribution in [0.4, 0.5) is 0 Å². The fourth-order valence-electron chi connectivity index (χ4n) is 2.12. The molecule has 0 bridgehead atoms. The molecule has 19 heavy (non-hydrogen) atoms. The Hall–Kier alpha value is -1.21. The highest BCUT2D eigenvalue weighted by atomic mass is 79.9. The molecule has 1 aromatic heterocycles. The van der Waals surface area contributed by atoms with Crippen LogP contribution in [0.25, 0.3) is 6.08 Å². The Balaban J connectivity index is 1.94. The number of hydrogen-bond acceptors (Lipinski definition) is 3. The third-order valence-electron chi connectivity index (χ3n) is 3.24. The van der Waals surface area contributed by atoms with E-state index >= 15 is 0 Å². The Labute approximate surface area is 124 Å². The summed E-state index contributed by atoms with van der Waals surface area (Å²) in [6.45, 7) is 2.75. The molecule has 100 valence electrons. The van der Waals surface area contributed by atoms with Gasteiger partial charge in [0.2, 0.25) is 0 Å². The maximum Gasteiger partial charge on any atom is 0.276 e. The van der Waals surface area contributed by atoms with Crippen molar-refractivity contribution in [3.05, 3.63) is 22.1 Å². The summed E-state index contributed by atoms with van der Waals surface area (Å²) in [5.74, 6) is -0.0387. The lowest BCUT2D eigenvalue weighted by molar-refractivity contribution is -0.122. The van der Waals surface area contributed by atoms with E-state index in [1.807, 2.05) is 11.6 Å². The van der Waals surface area contributed by atoms with E-state index in [1.165, 1.54) is 0 Å². The van der Waals surface area contributed by atoms with Crippen LogP contribution < -0.4 is 5.32 Å². The molecule has 5 nitrogen and oxygen atoms in total. The minimum absolute atomic E-state index is 0.0387. The van der Waals surface area contributed by atoms with Gasteiger partial charge in [-0.3, -0.25) is 14.4 Å². The molecule has 0 radical (unpaired) electrons. The second-order valence-corrected chi connectivity index (χ2v) is 5.83. The highest BCUT2D eigenvalue weighted by Gasteiger charge is 2.41. The number of nitrogens with one attached hydrogen (secondary N) is 1. The van der Waals surface area contributed by atoms with Crippen LogP contribution in [0.3, 0.4) is 0 Å². The Morgan fingerprint density at radius 3 is 3.00 bits per heavy atom. The predicted molar refractivity (Wildman–Crippen MR) is 79.2 cm³/mol. The fraction of sp³-hybridized carbons (Fsp3) is 0.417. The molecule has 0 unspecified atom stereocenters. The van der Waals surface area contributed by atoms with Crippen molar-refractivity contribution in [1.29, 1.82) is 0 Å². The molecule has 0 aromatic carbocycles. The van der Waals surface area contributed by atoms with Gasteiger partial charge in [0.25, 0.3) is 5.91 Å². The topological polar surface area (TPSA) is 50.2 Å². The molecule has 1 aliphatic carbocycles. The van der Waals surface area contributed by atoms with Gasteiger partial charge in [-0.1, -0.05) is 0 Å². The maximum atomic E-state index is 12.3. The van der Waals surface area contributed by atoms with Crippen molar-refractivity contribution in [1.82, 2.24) is 20.0 Å². The molecule has 3 rings (SSSR count). The average molecular weight is 341 g/mol. The van der Waals surface area contributed by atoms with Crippen molar-refractivity contribution in [2.45, 2.75) is 32.4 Å². The molecular weight excluding hydrogens is 328 g/mol. The number of carbonyl (C=O) groups excluding carboxylic acids is 1. The van der Waals surface area contributed by atoms with Gasteiger partial charge < -0.3 is 5.32 Å². The summed E-state index contributed by atoms with van der Waals surface area (Å²) in [5.41, 5.74) is 1.39. The Bertz CT molecular complexity index is 591. The van der Waals surface area contributed by atoms with Gasteiger partial charge in [-0.2, -0.15) is 5.10 Å². The van der Waals surface area contributed by atoms with E-state index < -0.39 is 0 Å². The van der Waals surface area contributed by atoms with Crippen molar-refractivity contribution in [2.24, 2.45) is 0 Å². The first-order valence-corrected chi connectivity index (χ1v) is 7.39. The van der Waals surface area contributed by atoms with Crippen LogP contribution >= 0.6 is 28.1 Å². The van der Waals surface area contributed by atoms with Gasteiger partial charge >= 0.3 is 0 Å². The lowest BCUT2D eigenvalue weighted by atomic mass is 10.3. The Kier molecular flexibility index (Phi) is 3.18. The van der Waals surface area contributed by atoms with Crippen LogP contribution in [-0.2, 0) is 11.3 Å². The zero-order valence-electron chi connectivity index (χ0n) is 10.4. The van der Waals surface area contributed by atoms with E-state index in [9.17, 15) is 4.79 Å². The van der Waals surface area contributed by atoms with Gasteiger partial charge in [0, 0.05) is 12.6 Å². The molecule has 1 aromatic rings. The van der Waals surface area contributed by atoms with Crippen LogP contribution in [0.1, 0.15) is 25.5 Å². The third kappa shape index (κ3) is 2.21. The first-order chi connectivity index (χ1) is 9.11. The van der Waals surface area contributed by atoms with Crippen LogP contribution in [-0.4, -0.2) is 31.7 Å². The van der Waals surface area contributed by atoms with E-state index in [-0.39, 0.29) is 11.9 Å². The number of carbonyl (C=O) groups is 1. The smallest absolute Gasteiger partial charge is 0.276 e. The van der Waals surface area contributed by atoms with Crippen LogP contribution in [0, 0.1) is 0 Å². The molecule has 0 spiro atoms. The van der Waals surface area contributed by atoms with Crippen molar-refractivity contribution in [3.63, 3.8) is 0 Å². The van der Waals surface area contributed by atoms with Crippen LogP contribution in [0.15, 0.2) is 16.4 Å². The normalized spacial score (nSPS) is 21.4. The molecule has 2 fully saturated rings. The van der Waals surface area contributed by atoms with E-state index in [0.29, 0.717) is 10.8 Å². The third-order valence-corrected chi connectivity index (χ3v) is 4.15. The summed E-state index contributed by atoms with van der Waals surface area (Å²) in [6, 6.07) is 0.290. The second kappa shape index (κ2) is 4.72. The van der Waals surface area contributed by atoms with E-state index in [1.54, 1.807) is 17.2 Å². The van der Waals surface area contributed by atoms with Gasteiger partial charge in [-0.25, -0.2) is 0 Å². The maximum absolute atomic E-state index is 12.3. The SMILES string of the molecule is CCn1ncc(Br)c1/C=C1/NC(=S)N(C2CC2)C1=O. The lowest BCUT2D eigenvalue weighted by Crippen LogP contribution is -2.32. The highest BCUT2D eigenvalue weighted by Crippen LogP contribution is 2.31. The monoisotopic (exact) mass is 340 g/mol. The molecule has 0 atom stereocenters. The highest BCUT2D eigenvalue weighted by molar-refractivity contribution is 9.10. The van der Waals surface area contributed by atoms with E-state index in [2.05, 4.69) is 26.3 Å². The molecule has 1 aliphatic heterocycles. The number of aromatic nitrogens is 2. The van der Waals surface area contributed by atoms with Crippen molar-refractivity contribution < 1.29 is 4.79 Å². The first-order valence-electron chi connectivity index (χ1n) is 6.19. The number of amides is 1. The van der Waals surface area contributed by atoms with E-state index in [4.69, 9.17) is 12.2 Å². The summed E-state index contributed by atoms with van der Waals surface area (Å²) in [5, 5.41) is 7.74. The predicted octanol–water partition coefficient (Wildman–Crippen LogP) is 1.89. The van der Waals surface area contributed by atoms with Crippen LogP contribution in [0.2, 0.25) is 0 Å². The standard InChI is InChI=1S/C12H13BrN4OS/c1-2-16-10(8(13)6-14-16)5-9-11(18)17(7-3-4-7)12(19)15-9/h5-7H,2-4H2,1H3,(H,15,19)/b9-5+. The number of rotatable bonds is 3. The Morgan fingerprint density at radius 1 is 1.63 bits per heavy atom.